The van der Waals surface area contributed by atoms with Gasteiger partial charge in [0, 0.05) is 10.8 Å². The highest BCUT2D eigenvalue weighted by atomic mass is 33.1. The third-order valence-corrected chi connectivity index (χ3v) is 1.83. The van der Waals surface area contributed by atoms with Crippen LogP contribution < -0.4 is 5.32 Å². The van der Waals surface area contributed by atoms with Gasteiger partial charge in [-0.1, -0.05) is 13.3 Å². The second-order valence-corrected chi connectivity index (χ2v) is 3.22. The van der Waals surface area contributed by atoms with Crippen molar-refractivity contribution in [2.75, 3.05) is 6.61 Å². The van der Waals surface area contributed by atoms with Gasteiger partial charge in [0.15, 0.2) is 6.54 Å². The van der Waals surface area contributed by atoms with E-state index in [1.165, 1.54) is 0 Å². The number of thiol groups is 1. The summed E-state index contributed by atoms with van der Waals surface area (Å²) in [7, 11) is 0.645. The lowest BCUT2D eigenvalue weighted by molar-refractivity contribution is -0.139. The Kier molecular flexibility index (Phi) is 8.02. The summed E-state index contributed by atoms with van der Waals surface area (Å²) in [5.74, 6) is -0.593. The Bertz CT molecular complexity index is 175. The summed E-state index contributed by atoms with van der Waals surface area (Å²) in [6, 6.07) is 0. The summed E-state index contributed by atoms with van der Waals surface area (Å²) in [4.78, 5) is 21.3. The first-order chi connectivity index (χ1) is 6.20. The molecule has 0 rings (SSSR count). The van der Waals surface area contributed by atoms with E-state index in [0.717, 1.165) is 19.4 Å². The zero-order valence-electron chi connectivity index (χ0n) is 7.23. The van der Waals surface area contributed by atoms with Gasteiger partial charge < -0.3 is 4.74 Å². The molecule has 0 bridgehead atoms. The van der Waals surface area contributed by atoms with Gasteiger partial charge in [-0.25, -0.2) is 10.1 Å². The van der Waals surface area contributed by atoms with Gasteiger partial charge >= 0.3 is 11.2 Å². The predicted molar refractivity (Wildman–Crippen MR) is 54.3 cm³/mol. The lowest BCUT2D eigenvalue weighted by Gasteiger charge is -2.01. The topological polar surface area (TPSA) is 57.5 Å². The average molecular weight is 221 g/mol. The van der Waals surface area contributed by atoms with Crippen LogP contribution in [-0.2, 0) is 9.53 Å². The van der Waals surface area contributed by atoms with E-state index in [-0.39, 0.29) is 0 Å². The van der Waals surface area contributed by atoms with E-state index in [1.807, 2.05) is 6.92 Å². The van der Waals surface area contributed by atoms with Crippen molar-refractivity contribution >= 4 is 33.7 Å². The van der Waals surface area contributed by atoms with Gasteiger partial charge in [-0.15, -0.1) is 11.7 Å². The molecule has 0 saturated carbocycles. The van der Waals surface area contributed by atoms with Gasteiger partial charge in [0.2, 0.25) is 0 Å². The Hall–Kier alpha value is -0.360. The molecule has 13 heavy (non-hydrogen) atoms. The molecular weight excluding hydrogens is 210 g/mol. The highest BCUT2D eigenvalue weighted by Gasteiger charge is 2.07. The molecule has 2 radical (unpaired) electrons. The number of nitrogens with zero attached hydrogens (tertiary/aromatic N) is 1. The van der Waals surface area contributed by atoms with Crippen LogP contribution in [0.4, 0.5) is 4.79 Å². The van der Waals surface area contributed by atoms with E-state index in [2.05, 4.69) is 17.0 Å². The molecule has 1 amide bonds. The van der Waals surface area contributed by atoms with Crippen molar-refractivity contribution in [2.24, 2.45) is 0 Å². The van der Waals surface area contributed by atoms with Crippen molar-refractivity contribution in [3.63, 3.8) is 0 Å². The second-order valence-electron chi connectivity index (χ2n) is 2.14. The molecule has 0 aromatic heterocycles. The molecule has 0 fully saturated rings. The molecule has 0 unspecified atom stereocenters. The molecule has 0 aliphatic rings. The molecule has 0 aromatic rings. The molecular formula is C7H11NO3S2. The van der Waals surface area contributed by atoms with Gasteiger partial charge in [-0.2, -0.15) is 0 Å². The molecule has 6 heteroatoms. The fourth-order valence-corrected chi connectivity index (χ4v) is 0.725. The monoisotopic (exact) mass is 221 g/mol. The van der Waals surface area contributed by atoms with Crippen LogP contribution in [0.3, 0.4) is 0 Å². The van der Waals surface area contributed by atoms with Crippen LogP contribution in [0.5, 0.6) is 0 Å². The number of carbonyl (C=O) groups is 2. The third-order valence-electron chi connectivity index (χ3n) is 1.10. The van der Waals surface area contributed by atoms with E-state index in [9.17, 15) is 9.59 Å². The van der Waals surface area contributed by atoms with Crippen LogP contribution in [0, 0.1) is 6.54 Å². The van der Waals surface area contributed by atoms with Gasteiger partial charge in [0.05, 0.1) is 6.61 Å². The number of hydrogen-bond acceptors (Lipinski definition) is 5. The van der Waals surface area contributed by atoms with Crippen molar-refractivity contribution in [2.45, 2.75) is 19.8 Å². The van der Waals surface area contributed by atoms with Crippen LogP contribution >= 0.6 is 22.5 Å². The summed E-state index contributed by atoms with van der Waals surface area (Å²) in [6.07, 6.45) is 1.77. The Morgan fingerprint density at radius 2 is 2.31 bits per heavy atom. The predicted octanol–water partition coefficient (Wildman–Crippen LogP) is 1.79. The first kappa shape index (κ1) is 12.6. The number of amides is 1. The summed E-state index contributed by atoms with van der Waals surface area (Å²) in [5.41, 5.74) is 0. The van der Waals surface area contributed by atoms with E-state index in [4.69, 9.17) is 4.74 Å². The highest BCUT2D eigenvalue weighted by molar-refractivity contribution is 8.74. The molecule has 0 heterocycles. The molecule has 0 saturated heterocycles. The maximum Gasteiger partial charge on any atom is 0.333 e. The Morgan fingerprint density at radius 3 is 2.85 bits per heavy atom. The first-order valence-corrected chi connectivity index (χ1v) is 5.63. The maximum atomic E-state index is 10.8. The van der Waals surface area contributed by atoms with Gasteiger partial charge in [0.1, 0.15) is 0 Å². The molecule has 0 atom stereocenters. The maximum absolute atomic E-state index is 10.8. The standard InChI is InChI=1S/C7H11NO3S2/c1-2-3-4-11-6(9)5-8-7(10)13-12/h5,12H,2-4H2,1H3. The van der Waals surface area contributed by atoms with Crippen LogP contribution in [0.1, 0.15) is 19.8 Å². The van der Waals surface area contributed by atoms with Crippen LogP contribution in [0.15, 0.2) is 0 Å². The minimum atomic E-state index is -0.593. The number of rotatable bonds is 5. The van der Waals surface area contributed by atoms with Crippen molar-refractivity contribution in [3.8, 4) is 0 Å². The molecule has 4 nitrogen and oxygen atoms in total. The van der Waals surface area contributed by atoms with Crippen molar-refractivity contribution < 1.29 is 14.3 Å². The molecule has 0 spiro atoms. The zero-order valence-corrected chi connectivity index (χ0v) is 8.94. The Morgan fingerprint density at radius 1 is 1.62 bits per heavy atom. The van der Waals surface area contributed by atoms with Crippen LogP contribution in [0.25, 0.3) is 0 Å². The van der Waals surface area contributed by atoms with Gasteiger partial charge in [-0.3, -0.25) is 4.79 Å². The fraction of sp³-hybridized carbons (Fsp3) is 0.571. The quantitative estimate of drug-likeness (QED) is 0.333. The minimum Gasteiger partial charge on any atom is -0.464 e. The second kappa shape index (κ2) is 8.25. The lowest BCUT2D eigenvalue weighted by atomic mass is 10.4. The SMILES string of the molecule is CCCCOC(=O)[CH][N]C(=O)SS. The molecule has 0 aromatic carbocycles. The van der Waals surface area contributed by atoms with E-state index >= 15 is 0 Å². The summed E-state index contributed by atoms with van der Waals surface area (Å²) in [5, 5.41) is 2.74. The van der Waals surface area contributed by atoms with Crippen LogP contribution in [0.2, 0.25) is 0 Å². The van der Waals surface area contributed by atoms with Crippen molar-refractivity contribution in [1.29, 1.82) is 0 Å². The van der Waals surface area contributed by atoms with Crippen molar-refractivity contribution in [1.82, 2.24) is 5.32 Å². The van der Waals surface area contributed by atoms with E-state index in [0.29, 0.717) is 17.4 Å². The average Bonchev–Trinajstić information content (AvgIpc) is 2.14. The molecule has 0 aliphatic carbocycles. The first-order valence-electron chi connectivity index (χ1n) is 3.77. The zero-order chi connectivity index (χ0) is 10.1. The Balaban J connectivity index is 3.35. The lowest BCUT2D eigenvalue weighted by Crippen LogP contribution is -2.15. The summed E-state index contributed by atoms with van der Waals surface area (Å²) in [6.45, 7) is 3.22. The Labute approximate surface area is 86.6 Å². The molecule has 74 valence electrons. The summed E-state index contributed by atoms with van der Waals surface area (Å²) < 4.78 is 4.70. The van der Waals surface area contributed by atoms with Crippen molar-refractivity contribution in [3.05, 3.63) is 6.54 Å². The fourth-order valence-electron chi connectivity index (χ4n) is 0.483. The number of esters is 1. The van der Waals surface area contributed by atoms with E-state index in [1.54, 1.807) is 0 Å². The van der Waals surface area contributed by atoms with Gasteiger partial charge in [-0.05, 0) is 6.42 Å². The third kappa shape index (κ3) is 7.98. The number of ether oxygens (including phenoxy) is 1. The molecule has 0 aliphatic heterocycles. The minimum absolute atomic E-state index is 0.365. The highest BCUT2D eigenvalue weighted by Crippen LogP contribution is 2.06. The normalized spacial score (nSPS) is 9.38. The summed E-state index contributed by atoms with van der Waals surface area (Å²) >= 11 is 3.60. The largest absolute Gasteiger partial charge is 0.464 e. The van der Waals surface area contributed by atoms with Crippen LogP contribution in [-0.4, -0.2) is 17.8 Å². The smallest absolute Gasteiger partial charge is 0.333 e. The van der Waals surface area contributed by atoms with Gasteiger partial charge in [0.25, 0.3) is 0 Å². The number of hydrogen-bond donors (Lipinski definition) is 1. The number of unbranched alkanes of at least 4 members (excludes halogenated alkanes) is 1. The van der Waals surface area contributed by atoms with E-state index < -0.39 is 11.2 Å². The molecule has 0 N–H and O–H groups in total. The number of carbonyl (C=O) groups excluding carboxylic acids is 2.